The van der Waals surface area contributed by atoms with Crippen LogP contribution in [0.2, 0.25) is 0 Å². The van der Waals surface area contributed by atoms with E-state index >= 15 is 0 Å². The minimum atomic E-state index is 0.797. The lowest BCUT2D eigenvalue weighted by Crippen LogP contribution is -2.38. The highest BCUT2D eigenvalue weighted by Gasteiger charge is 1.98. The second kappa shape index (κ2) is 6.80. The van der Waals surface area contributed by atoms with Crippen LogP contribution in [-0.2, 0) is 13.1 Å². The molecule has 2 heterocycles. The molecule has 0 aliphatic heterocycles. The fourth-order valence-electron chi connectivity index (χ4n) is 1.52. The van der Waals surface area contributed by atoms with Crippen molar-refractivity contribution >= 4 is 17.3 Å². The molecule has 5 nitrogen and oxygen atoms in total. The Labute approximate surface area is 111 Å². The minimum absolute atomic E-state index is 0.797. The number of rotatable bonds is 5. The predicted octanol–water partition coefficient (Wildman–Crippen LogP) is 1.31. The van der Waals surface area contributed by atoms with Gasteiger partial charge in [0, 0.05) is 32.5 Å². The lowest BCUT2D eigenvalue weighted by molar-refractivity contribution is 0.597. The molecule has 0 aliphatic carbocycles. The highest BCUT2D eigenvalue weighted by Crippen LogP contribution is 2.04. The fraction of sp³-hybridized carbons (Fsp3) is 0.333. The summed E-state index contributed by atoms with van der Waals surface area (Å²) in [5.74, 6) is 0.813. The number of guanidine groups is 1. The largest absolute Gasteiger partial charge is 0.355 e. The predicted molar refractivity (Wildman–Crippen MR) is 74.7 cm³/mol. The van der Waals surface area contributed by atoms with Gasteiger partial charge in [-0.25, -0.2) is 0 Å². The third-order valence-corrected chi connectivity index (χ3v) is 3.19. The number of aromatic nitrogens is 2. The summed E-state index contributed by atoms with van der Waals surface area (Å²) in [6.07, 6.45) is 3.73. The Balaban J connectivity index is 1.69. The third kappa shape index (κ3) is 3.89. The summed E-state index contributed by atoms with van der Waals surface area (Å²) in [5, 5.41) is 14.9. The maximum Gasteiger partial charge on any atom is 0.191 e. The van der Waals surface area contributed by atoms with Gasteiger partial charge in [-0.15, -0.1) is 0 Å². The van der Waals surface area contributed by atoms with Crippen LogP contribution >= 0.6 is 11.3 Å². The van der Waals surface area contributed by atoms with Crippen LogP contribution in [-0.4, -0.2) is 29.3 Å². The molecular weight excluding hydrogens is 246 g/mol. The van der Waals surface area contributed by atoms with Crippen molar-refractivity contribution in [2.75, 3.05) is 13.6 Å². The van der Waals surface area contributed by atoms with Crippen molar-refractivity contribution in [3.05, 3.63) is 40.8 Å². The van der Waals surface area contributed by atoms with Crippen molar-refractivity contribution in [1.82, 2.24) is 20.4 Å². The minimum Gasteiger partial charge on any atom is -0.355 e. The highest BCUT2D eigenvalue weighted by atomic mass is 32.1. The van der Waals surface area contributed by atoms with Crippen LogP contribution in [0.3, 0.4) is 0 Å². The molecule has 0 saturated carbocycles. The zero-order valence-electron chi connectivity index (χ0n) is 10.3. The molecule has 0 unspecified atom stereocenters. The van der Waals surface area contributed by atoms with Crippen LogP contribution < -0.4 is 10.6 Å². The van der Waals surface area contributed by atoms with Crippen LogP contribution in [0.25, 0.3) is 0 Å². The van der Waals surface area contributed by atoms with Gasteiger partial charge < -0.3 is 10.6 Å². The smallest absolute Gasteiger partial charge is 0.191 e. The molecule has 2 aromatic heterocycles. The first-order valence-electron chi connectivity index (χ1n) is 5.81. The molecule has 2 N–H and O–H groups in total. The molecular formula is C12H17N5S. The van der Waals surface area contributed by atoms with Gasteiger partial charge in [0.15, 0.2) is 5.96 Å². The van der Waals surface area contributed by atoms with Crippen LogP contribution in [0, 0.1) is 0 Å². The van der Waals surface area contributed by atoms with Gasteiger partial charge in [-0.2, -0.15) is 16.4 Å². The first-order chi connectivity index (χ1) is 8.88. The Hall–Kier alpha value is -1.82. The molecule has 2 rings (SSSR count). The van der Waals surface area contributed by atoms with E-state index in [9.17, 15) is 0 Å². The van der Waals surface area contributed by atoms with Crippen molar-refractivity contribution < 1.29 is 0 Å². The van der Waals surface area contributed by atoms with Crippen molar-refractivity contribution in [1.29, 1.82) is 0 Å². The van der Waals surface area contributed by atoms with E-state index in [1.807, 2.05) is 16.9 Å². The molecule has 0 fully saturated rings. The van der Waals surface area contributed by atoms with Gasteiger partial charge in [0.2, 0.25) is 0 Å². The number of hydrogen-bond acceptors (Lipinski definition) is 3. The van der Waals surface area contributed by atoms with Crippen LogP contribution in [0.4, 0.5) is 0 Å². The Morgan fingerprint density at radius 3 is 3.11 bits per heavy atom. The van der Waals surface area contributed by atoms with Crippen molar-refractivity contribution in [3.8, 4) is 0 Å². The maximum atomic E-state index is 4.17. The standard InChI is InChI=1S/C12H17N5S/c1-13-12(15-9-11-3-8-18-10-11)14-5-7-17-6-2-4-16-17/h2-4,6,8,10H,5,7,9H2,1H3,(H2,13,14,15). The van der Waals surface area contributed by atoms with Gasteiger partial charge in [-0.1, -0.05) is 0 Å². The molecule has 2 aromatic rings. The molecule has 0 bridgehead atoms. The second-order valence-electron chi connectivity index (χ2n) is 3.75. The number of thiophene rings is 1. The zero-order valence-corrected chi connectivity index (χ0v) is 11.2. The fourth-order valence-corrected chi connectivity index (χ4v) is 2.19. The SMILES string of the molecule is CN=C(NCCn1cccn1)NCc1ccsc1. The molecule has 18 heavy (non-hydrogen) atoms. The van der Waals surface area contributed by atoms with E-state index in [1.165, 1.54) is 5.56 Å². The van der Waals surface area contributed by atoms with E-state index in [1.54, 1.807) is 24.6 Å². The Morgan fingerprint density at radius 1 is 1.50 bits per heavy atom. The van der Waals surface area contributed by atoms with Crippen molar-refractivity contribution in [2.24, 2.45) is 4.99 Å². The van der Waals surface area contributed by atoms with Gasteiger partial charge in [-0.05, 0) is 28.5 Å². The summed E-state index contributed by atoms with van der Waals surface area (Å²) in [5.41, 5.74) is 1.27. The normalized spacial score (nSPS) is 11.5. The van der Waals surface area contributed by atoms with E-state index in [0.717, 1.165) is 25.6 Å². The van der Waals surface area contributed by atoms with Gasteiger partial charge in [-0.3, -0.25) is 9.67 Å². The quantitative estimate of drug-likeness (QED) is 0.632. The molecule has 0 saturated heterocycles. The van der Waals surface area contributed by atoms with Crippen molar-refractivity contribution in [2.45, 2.75) is 13.1 Å². The topological polar surface area (TPSA) is 54.2 Å². The first-order valence-corrected chi connectivity index (χ1v) is 6.76. The average molecular weight is 263 g/mol. The Kier molecular flexibility index (Phi) is 4.78. The molecule has 0 radical (unpaired) electrons. The summed E-state index contributed by atoms with van der Waals surface area (Å²) < 4.78 is 1.89. The number of aliphatic imine (C=N–C) groups is 1. The number of hydrogen-bond donors (Lipinski definition) is 2. The van der Waals surface area contributed by atoms with E-state index in [4.69, 9.17) is 0 Å². The highest BCUT2D eigenvalue weighted by molar-refractivity contribution is 7.07. The number of nitrogens with one attached hydrogen (secondary N) is 2. The molecule has 0 aromatic carbocycles. The van der Waals surface area contributed by atoms with Crippen LogP contribution in [0.5, 0.6) is 0 Å². The average Bonchev–Trinajstić information content (AvgIpc) is 3.06. The summed E-state index contributed by atoms with van der Waals surface area (Å²) in [6, 6.07) is 4.03. The lowest BCUT2D eigenvalue weighted by Gasteiger charge is -2.11. The summed E-state index contributed by atoms with van der Waals surface area (Å²) in [4.78, 5) is 4.17. The summed E-state index contributed by atoms with van der Waals surface area (Å²) in [7, 11) is 1.77. The second-order valence-corrected chi connectivity index (χ2v) is 4.53. The first kappa shape index (κ1) is 12.6. The summed E-state index contributed by atoms with van der Waals surface area (Å²) >= 11 is 1.70. The number of nitrogens with zero attached hydrogens (tertiary/aromatic N) is 3. The third-order valence-electron chi connectivity index (χ3n) is 2.46. The van der Waals surface area contributed by atoms with E-state index in [-0.39, 0.29) is 0 Å². The zero-order chi connectivity index (χ0) is 12.6. The molecule has 0 atom stereocenters. The molecule has 0 amide bonds. The van der Waals surface area contributed by atoms with Crippen LogP contribution in [0.15, 0.2) is 40.3 Å². The van der Waals surface area contributed by atoms with E-state index in [2.05, 4.69) is 37.6 Å². The Morgan fingerprint density at radius 2 is 2.44 bits per heavy atom. The molecule has 96 valence electrons. The maximum absolute atomic E-state index is 4.17. The summed E-state index contributed by atoms with van der Waals surface area (Å²) in [6.45, 7) is 2.42. The molecule has 0 aliphatic rings. The monoisotopic (exact) mass is 263 g/mol. The van der Waals surface area contributed by atoms with E-state index < -0.39 is 0 Å². The molecule has 6 heteroatoms. The van der Waals surface area contributed by atoms with Crippen LogP contribution in [0.1, 0.15) is 5.56 Å². The molecule has 0 spiro atoms. The lowest BCUT2D eigenvalue weighted by atomic mass is 10.3. The van der Waals surface area contributed by atoms with E-state index in [0.29, 0.717) is 0 Å². The van der Waals surface area contributed by atoms with Crippen molar-refractivity contribution in [3.63, 3.8) is 0 Å². The Bertz CT molecular complexity index is 461. The van der Waals surface area contributed by atoms with Gasteiger partial charge >= 0.3 is 0 Å². The van der Waals surface area contributed by atoms with Gasteiger partial charge in [0.25, 0.3) is 0 Å². The van der Waals surface area contributed by atoms with Gasteiger partial charge in [0.05, 0.1) is 6.54 Å². The van der Waals surface area contributed by atoms with Gasteiger partial charge in [0.1, 0.15) is 0 Å².